The van der Waals surface area contributed by atoms with Gasteiger partial charge in [0.1, 0.15) is 11.6 Å². The summed E-state index contributed by atoms with van der Waals surface area (Å²) in [4.78, 5) is 2.76. The Bertz CT molecular complexity index is 459. The van der Waals surface area contributed by atoms with Crippen molar-refractivity contribution < 1.29 is 9.47 Å². The summed E-state index contributed by atoms with van der Waals surface area (Å²) in [6.45, 7) is 3.87. The van der Waals surface area contributed by atoms with Crippen LogP contribution in [-0.4, -0.2) is 43.2 Å². The molecule has 4 nitrogen and oxygen atoms in total. The zero-order chi connectivity index (χ0) is 14.4. The molecule has 1 saturated heterocycles. The summed E-state index contributed by atoms with van der Waals surface area (Å²) in [6, 6.07) is 5.59. The lowest BCUT2D eigenvalue weighted by Gasteiger charge is -2.26. The highest BCUT2D eigenvalue weighted by molar-refractivity contribution is 7.80. The van der Waals surface area contributed by atoms with Crippen LogP contribution in [-0.2, 0) is 0 Å². The van der Waals surface area contributed by atoms with Crippen LogP contribution < -0.4 is 15.2 Å². The van der Waals surface area contributed by atoms with Crippen molar-refractivity contribution in [2.24, 2.45) is 5.73 Å². The molecule has 5 heteroatoms. The minimum absolute atomic E-state index is 0.330. The van der Waals surface area contributed by atoms with E-state index in [-0.39, 0.29) is 0 Å². The number of rotatable bonds is 6. The summed E-state index contributed by atoms with van der Waals surface area (Å²) in [5.41, 5.74) is 6.47. The van der Waals surface area contributed by atoms with Crippen LogP contribution in [0, 0.1) is 0 Å². The van der Waals surface area contributed by atoms with Crippen LogP contribution in [0.25, 0.3) is 0 Å². The van der Waals surface area contributed by atoms with Gasteiger partial charge in [0.2, 0.25) is 0 Å². The number of methoxy groups -OCH3 is 1. The van der Waals surface area contributed by atoms with Crippen LogP contribution in [0.4, 0.5) is 0 Å². The van der Waals surface area contributed by atoms with E-state index in [4.69, 9.17) is 27.4 Å². The molecule has 110 valence electrons. The number of hydrogen-bond acceptors (Lipinski definition) is 4. The molecule has 0 radical (unpaired) electrons. The van der Waals surface area contributed by atoms with Crippen molar-refractivity contribution in [3.8, 4) is 11.5 Å². The zero-order valence-electron chi connectivity index (χ0n) is 11.9. The fourth-order valence-electron chi connectivity index (χ4n) is 2.48. The predicted octanol–water partition coefficient (Wildman–Crippen LogP) is 2.19. The molecule has 1 fully saturated rings. The molecule has 20 heavy (non-hydrogen) atoms. The number of hydrogen-bond donors (Lipinski definition) is 1. The molecule has 1 heterocycles. The van der Waals surface area contributed by atoms with Crippen LogP contribution in [0.1, 0.15) is 24.8 Å². The van der Waals surface area contributed by atoms with Crippen molar-refractivity contribution in [2.45, 2.75) is 19.3 Å². The van der Waals surface area contributed by atoms with Crippen molar-refractivity contribution in [1.29, 1.82) is 0 Å². The molecule has 0 saturated carbocycles. The van der Waals surface area contributed by atoms with E-state index in [0.717, 1.165) is 25.2 Å². The normalized spacial score (nSPS) is 15.8. The van der Waals surface area contributed by atoms with Gasteiger partial charge < -0.3 is 15.2 Å². The van der Waals surface area contributed by atoms with Gasteiger partial charge in [-0.2, -0.15) is 0 Å². The van der Waals surface area contributed by atoms with E-state index in [1.807, 2.05) is 18.2 Å². The Morgan fingerprint density at radius 3 is 2.70 bits per heavy atom. The summed E-state index contributed by atoms with van der Waals surface area (Å²) in [7, 11) is 1.62. The van der Waals surface area contributed by atoms with E-state index in [1.165, 1.54) is 19.3 Å². The average Bonchev–Trinajstić information content (AvgIpc) is 2.48. The summed E-state index contributed by atoms with van der Waals surface area (Å²) in [5.74, 6) is 1.33. The van der Waals surface area contributed by atoms with Gasteiger partial charge in [-0.25, -0.2) is 0 Å². The Morgan fingerprint density at radius 1 is 1.30 bits per heavy atom. The third-order valence-electron chi connectivity index (χ3n) is 3.57. The Hall–Kier alpha value is -1.33. The minimum atomic E-state index is 0.330. The van der Waals surface area contributed by atoms with Crippen LogP contribution in [0.15, 0.2) is 18.2 Å². The van der Waals surface area contributed by atoms with Crippen LogP contribution in [0.5, 0.6) is 11.5 Å². The van der Waals surface area contributed by atoms with Gasteiger partial charge in [0, 0.05) is 6.54 Å². The molecule has 2 N–H and O–H groups in total. The number of nitrogens with two attached hydrogens (primary N) is 1. The number of benzene rings is 1. The molecule has 0 spiro atoms. The molecule has 1 aromatic rings. The molecular formula is C15H22N2O2S. The lowest BCUT2D eigenvalue weighted by Crippen LogP contribution is -2.33. The molecule has 0 unspecified atom stereocenters. The molecule has 0 atom stereocenters. The highest BCUT2D eigenvalue weighted by Crippen LogP contribution is 2.31. The van der Waals surface area contributed by atoms with Crippen molar-refractivity contribution in [1.82, 2.24) is 4.90 Å². The summed E-state index contributed by atoms with van der Waals surface area (Å²) in [6.07, 6.45) is 3.91. The second kappa shape index (κ2) is 7.45. The second-order valence-corrected chi connectivity index (χ2v) is 5.39. The van der Waals surface area contributed by atoms with Gasteiger partial charge in [0.25, 0.3) is 0 Å². The Morgan fingerprint density at radius 2 is 2.05 bits per heavy atom. The van der Waals surface area contributed by atoms with Crippen LogP contribution in [0.2, 0.25) is 0 Å². The highest BCUT2D eigenvalue weighted by atomic mass is 32.1. The Balaban J connectivity index is 1.98. The predicted molar refractivity (Wildman–Crippen MR) is 84.7 cm³/mol. The van der Waals surface area contributed by atoms with E-state index in [9.17, 15) is 0 Å². The maximum atomic E-state index is 5.89. The fourth-order valence-corrected chi connectivity index (χ4v) is 2.64. The summed E-state index contributed by atoms with van der Waals surface area (Å²) in [5, 5.41) is 0. The van der Waals surface area contributed by atoms with E-state index >= 15 is 0 Å². The highest BCUT2D eigenvalue weighted by Gasteiger charge is 2.14. The van der Waals surface area contributed by atoms with E-state index in [0.29, 0.717) is 23.1 Å². The Labute approximate surface area is 125 Å². The lowest BCUT2D eigenvalue weighted by atomic mass is 10.1. The molecular weight excluding hydrogens is 272 g/mol. The first-order valence-electron chi connectivity index (χ1n) is 7.04. The molecule has 0 bridgehead atoms. The van der Waals surface area contributed by atoms with Crippen molar-refractivity contribution in [2.75, 3.05) is 33.4 Å². The number of para-hydroxylation sites is 1. The third kappa shape index (κ3) is 3.84. The topological polar surface area (TPSA) is 47.7 Å². The smallest absolute Gasteiger partial charge is 0.171 e. The first kappa shape index (κ1) is 15.1. The van der Waals surface area contributed by atoms with Crippen LogP contribution in [0.3, 0.4) is 0 Å². The third-order valence-corrected chi connectivity index (χ3v) is 3.79. The van der Waals surface area contributed by atoms with Crippen molar-refractivity contribution in [3.63, 3.8) is 0 Å². The number of nitrogens with zero attached hydrogens (tertiary/aromatic N) is 1. The largest absolute Gasteiger partial charge is 0.493 e. The van der Waals surface area contributed by atoms with Crippen molar-refractivity contribution >= 4 is 17.2 Å². The van der Waals surface area contributed by atoms with Crippen LogP contribution >= 0.6 is 12.2 Å². The van der Waals surface area contributed by atoms with E-state index < -0.39 is 0 Å². The molecule has 0 amide bonds. The second-order valence-electron chi connectivity index (χ2n) is 4.95. The maximum absolute atomic E-state index is 5.89. The quantitative estimate of drug-likeness (QED) is 0.815. The minimum Gasteiger partial charge on any atom is -0.493 e. The zero-order valence-corrected chi connectivity index (χ0v) is 12.7. The maximum Gasteiger partial charge on any atom is 0.171 e. The number of ether oxygens (including phenoxy) is 2. The molecule has 0 aromatic heterocycles. The number of thiocarbonyl (C=S) groups is 1. The fraction of sp³-hybridized carbons (Fsp3) is 0.533. The molecule has 1 aromatic carbocycles. The van der Waals surface area contributed by atoms with Gasteiger partial charge in [-0.1, -0.05) is 24.7 Å². The average molecular weight is 294 g/mol. The molecule has 2 rings (SSSR count). The van der Waals surface area contributed by atoms with E-state index in [2.05, 4.69) is 4.90 Å². The standard InChI is InChI=1S/C15H22N2O2S/c1-18-13-7-5-6-12(15(16)20)14(13)19-11-10-17-8-3-2-4-9-17/h5-7H,2-4,8-11H2,1H3,(H2,16,20). The molecule has 0 aliphatic carbocycles. The van der Waals surface area contributed by atoms with Gasteiger partial charge in [-0.05, 0) is 38.1 Å². The van der Waals surface area contributed by atoms with Gasteiger partial charge in [0.05, 0.1) is 12.7 Å². The molecule has 1 aliphatic heterocycles. The monoisotopic (exact) mass is 294 g/mol. The van der Waals surface area contributed by atoms with Gasteiger partial charge in [0.15, 0.2) is 11.5 Å². The van der Waals surface area contributed by atoms with Crippen molar-refractivity contribution in [3.05, 3.63) is 23.8 Å². The first-order chi connectivity index (χ1) is 9.72. The first-order valence-corrected chi connectivity index (χ1v) is 7.45. The number of likely N-dealkylation sites (tertiary alicyclic amines) is 1. The van der Waals surface area contributed by atoms with Gasteiger partial charge in [-0.3, -0.25) is 4.90 Å². The number of piperidine rings is 1. The summed E-state index contributed by atoms with van der Waals surface area (Å²) < 4.78 is 11.2. The molecule has 1 aliphatic rings. The van der Waals surface area contributed by atoms with Gasteiger partial charge >= 0.3 is 0 Å². The van der Waals surface area contributed by atoms with Gasteiger partial charge in [-0.15, -0.1) is 0 Å². The lowest BCUT2D eigenvalue weighted by molar-refractivity contribution is 0.180. The van der Waals surface area contributed by atoms with E-state index in [1.54, 1.807) is 7.11 Å². The SMILES string of the molecule is COc1cccc(C(N)=S)c1OCCN1CCCCC1. The Kier molecular flexibility index (Phi) is 5.61. The summed E-state index contributed by atoms with van der Waals surface area (Å²) >= 11 is 5.06.